The first-order chi connectivity index (χ1) is 13.5. The highest BCUT2D eigenvalue weighted by Gasteiger charge is 2.41. The molecule has 2 aliphatic rings. The zero-order valence-corrected chi connectivity index (χ0v) is 17.8. The number of carbonyl (C=O) groups excluding carboxylic acids is 1. The molecule has 0 saturated carbocycles. The summed E-state index contributed by atoms with van der Waals surface area (Å²) in [5.74, 6) is 2.47. The zero-order valence-electron chi connectivity index (χ0n) is 17.8. The van der Waals surface area contributed by atoms with Crippen LogP contribution in [0.2, 0.25) is 0 Å². The minimum absolute atomic E-state index is 0.0748. The maximum Gasteiger partial charge on any atom is 0.407 e. The average molecular weight is 391 g/mol. The highest BCUT2D eigenvalue weighted by Crippen LogP contribution is 2.44. The molecular weight excluding hydrogens is 356 g/mol. The van der Waals surface area contributed by atoms with Crippen molar-refractivity contribution in [2.75, 3.05) is 33.9 Å². The summed E-state index contributed by atoms with van der Waals surface area (Å²) in [6.07, 6.45) is 2.50. The van der Waals surface area contributed by atoms with Crippen LogP contribution in [0, 0.1) is 11.8 Å². The first-order valence-corrected chi connectivity index (χ1v) is 10.4. The number of fused-ring (bicyclic) bond motifs is 3. The van der Waals surface area contributed by atoms with E-state index in [0.29, 0.717) is 18.4 Å². The molecule has 0 aliphatic carbocycles. The monoisotopic (exact) mass is 390 g/mol. The number of piperidine rings is 1. The van der Waals surface area contributed by atoms with Crippen LogP contribution in [0.25, 0.3) is 0 Å². The minimum Gasteiger partial charge on any atom is -0.493 e. The Morgan fingerprint density at radius 3 is 2.61 bits per heavy atom. The van der Waals surface area contributed by atoms with E-state index in [2.05, 4.69) is 36.2 Å². The molecule has 0 spiro atoms. The standard InChI is InChI=1S/C22H34N2O4/c1-6-23-22(25)28-19-12-18-17-11-21(27-5)20(26-4)10-15(17)7-8-24(18)13-16(19)9-14(2)3/h10-11,14,16,18-19H,6-9,12-13H2,1-5H3,(H,23,25). The van der Waals surface area contributed by atoms with Gasteiger partial charge in [0.05, 0.1) is 14.2 Å². The Morgan fingerprint density at radius 1 is 1.25 bits per heavy atom. The molecule has 1 N–H and O–H groups in total. The Hall–Kier alpha value is -1.95. The first-order valence-electron chi connectivity index (χ1n) is 10.4. The summed E-state index contributed by atoms with van der Waals surface area (Å²) in [5, 5.41) is 2.78. The van der Waals surface area contributed by atoms with Crippen LogP contribution in [-0.2, 0) is 11.2 Å². The molecule has 156 valence electrons. The van der Waals surface area contributed by atoms with Crippen molar-refractivity contribution in [3.8, 4) is 11.5 Å². The summed E-state index contributed by atoms with van der Waals surface area (Å²) in [5.41, 5.74) is 2.58. The fraction of sp³-hybridized carbons (Fsp3) is 0.682. The number of hydrogen-bond acceptors (Lipinski definition) is 5. The van der Waals surface area contributed by atoms with Crippen molar-refractivity contribution in [1.82, 2.24) is 10.2 Å². The lowest BCUT2D eigenvalue weighted by atomic mass is 9.79. The number of nitrogens with one attached hydrogen (secondary N) is 1. The fourth-order valence-electron chi connectivity index (χ4n) is 4.71. The summed E-state index contributed by atoms with van der Waals surface area (Å²) < 4.78 is 16.9. The molecule has 1 saturated heterocycles. The molecule has 0 bridgehead atoms. The number of benzene rings is 1. The van der Waals surface area contributed by atoms with Gasteiger partial charge in [-0.15, -0.1) is 0 Å². The molecule has 2 aliphatic heterocycles. The maximum absolute atomic E-state index is 12.1. The summed E-state index contributed by atoms with van der Waals surface area (Å²) in [6.45, 7) is 8.94. The number of alkyl carbamates (subject to hydrolysis) is 1. The van der Waals surface area contributed by atoms with Crippen molar-refractivity contribution >= 4 is 6.09 Å². The smallest absolute Gasteiger partial charge is 0.407 e. The van der Waals surface area contributed by atoms with E-state index in [0.717, 1.165) is 43.9 Å². The fourth-order valence-corrected chi connectivity index (χ4v) is 4.71. The van der Waals surface area contributed by atoms with E-state index in [1.54, 1.807) is 14.2 Å². The predicted octanol–water partition coefficient (Wildman–Crippen LogP) is 3.78. The van der Waals surface area contributed by atoms with Crippen LogP contribution in [0.1, 0.15) is 50.8 Å². The van der Waals surface area contributed by atoms with E-state index in [1.165, 1.54) is 11.1 Å². The van der Waals surface area contributed by atoms with Crippen molar-refractivity contribution in [3.05, 3.63) is 23.3 Å². The number of hydrogen-bond donors (Lipinski definition) is 1. The van der Waals surface area contributed by atoms with Crippen molar-refractivity contribution in [2.45, 2.75) is 52.2 Å². The Bertz CT molecular complexity index is 691. The van der Waals surface area contributed by atoms with Crippen molar-refractivity contribution < 1.29 is 19.0 Å². The molecule has 0 aromatic heterocycles. The number of carbonyl (C=O) groups is 1. The van der Waals surface area contributed by atoms with E-state index in [-0.39, 0.29) is 18.2 Å². The van der Waals surface area contributed by atoms with Crippen molar-refractivity contribution in [1.29, 1.82) is 0 Å². The van der Waals surface area contributed by atoms with E-state index in [4.69, 9.17) is 14.2 Å². The molecule has 6 heteroatoms. The topological polar surface area (TPSA) is 60.0 Å². The third-order valence-corrected chi connectivity index (χ3v) is 5.92. The van der Waals surface area contributed by atoms with E-state index in [1.807, 2.05) is 6.92 Å². The van der Waals surface area contributed by atoms with Gasteiger partial charge in [0, 0.05) is 38.0 Å². The molecular formula is C22H34N2O4. The van der Waals surface area contributed by atoms with Gasteiger partial charge in [-0.3, -0.25) is 4.90 Å². The highest BCUT2D eigenvalue weighted by molar-refractivity contribution is 5.67. The number of rotatable bonds is 6. The molecule has 28 heavy (non-hydrogen) atoms. The van der Waals surface area contributed by atoms with Gasteiger partial charge in [0.25, 0.3) is 0 Å². The molecule has 2 heterocycles. The number of ether oxygens (including phenoxy) is 3. The van der Waals surface area contributed by atoms with Crippen LogP contribution in [0.3, 0.4) is 0 Å². The summed E-state index contributed by atoms with van der Waals surface area (Å²) in [6, 6.07) is 4.45. The largest absolute Gasteiger partial charge is 0.493 e. The normalized spacial score (nSPS) is 24.3. The summed E-state index contributed by atoms with van der Waals surface area (Å²) in [7, 11) is 3.35. The molecule has 6 nitrogen and oxygen atoms in total. The second kappa shape index (κ2) is 9.03. The van der Waals surface area contributed by atoms with Crippen LogP contribution in [0.4, 0.5) is 4.79 Å². The lowest BCUT2D eigenvalue weighted by Crippen LogP contribution is -2.50. The van der Waals surface area contributed by atoms with Gasteiger partial charge < -0.3 is 19.5 Å². The Kier molecular flexibility index (Phi) is 6.70. The molecule has 3 unspecified atom stereocenters. The zero-order chi connectivity index (χ0) is 20.3. The number of amides is 1. The van der Waals surface area contributed by atoms with Gasteiger partial charge >= 0.3 is 6.09 Å². The molecule has 3 atom stereocenters. The van der Waals surface area contributed by atoms with E-state index >= 15 is 0 Å². The van der Waals surface area contributed by atoms with Gasteiger partial charge in [0.15, 0.2) is 11.5 Å². The molecule has 1 amide bonds. The average Bonchev–Trinajstić information content (AvgIpc) is 2.67. The summed E-state index contributed by atoms with van der Waals surface area (Å²) in [4.78, 5) is 14.7. The predicted molar refractivity (Wildman–Crippen MR) is 109 cm³/mol. The lowest BCUT2D eigenvalue weighted by Gasteiger charge is -2.47. The van der Waals surface area contributed by atoms with Gasteiger partial charge in [0.1, 0.15) is 6.10 Å². The third-order valence-electron chi connectivity index (χ3n) is 5.92. The van der Waals surface area contributed by atoms with Gasteiger partial charge in [0.2, 0.25) is 0 Å². The lowest BCUT2D eigenvalue weighted by molar-refractivity contribution is -0.0291. The maximum atomic E-state index is 12.1. The van der Waals surface area contributed by atoms with E-state index < -0.39 is 0 Å². The first kappa shape index (κ1) is 20.8. The number of nitrogens with zero attached hydrogens (tertiary/aromatic N) is 1. The highest BCUT2D eigenvalue weighted by atomic mass is 16.6. The Labute approximate surface area is 168 Å². The minimum atomic E-state index is -0.307. The summed E-state index contributed by atoms with van der Waals surface area (Å²) >= 11 is 0. The van der Waals surface area contributed by atoms with Gasteiger partial charge in [-0.2, -0.15) is 0 Å². The molecule has 3 rings (SSSR count). The van der Waals surface area contributed by atoms with Gasteiger partial charge in [-0.1, -0.05) is 13.8 Å². The quantitative estimate of drug-likeness (QED) is 0.801. The van der Waals surface area contributed by atoms with Crippen LogP contribution >= 0.6 is 0 Å². The van der Waals surface area contributed by atoms with Crippen LogP contribution < -0.4 is 14.8 Å². The van der Waals surface area contributed by atoms with Crippen LogP contribution in [0.15, 0.2) is 12.1 Å². The van der Waals surface area contributed by atoms with Crippen molar-refractivity contribution in [3.63, 3.8) is 0 Å². The SMILES string of the molecule is CCNC(=O)OC1CC2c3cc(OC)c(OC)cc3CCN2CC1CC(C)C. The molecule has 1 aromatic carbocycles. The van der Waals surface area contributed by atoms with Gasteiger partial charge in [-0.25, -0.2) is 4.79 Å². The van der Waals surface area contributed by atoms with Crippen molar-refractivity contribution in [2.24, 2.45) is 11.8 Å². The van der Waals surface area contributed by atoms with E-state index in [9.17, 15) is 4.79 Å². The molecule has 0 radical (unpaired) electrons. The second-order valence-electron chi connectivity index (χ2n) is 8.27. The van der Waals surface area contributed by atoms with Crippen LogP contribution in [-0.4, -0.2) is 51.0 Å². The van der Waals surface area contributed by atoms with Crippen LogP contribution in [0.5, 0.6) is 11.5 Å². The molecule has 1 fully saturated rings. The molecule has 1 aromatic rings. The third kappa shape index (κ3) is 4.37. The van der Waals surface area contributed by atoms with Gasteiger partial charge in [-0.05, 0) is 48.9 Å². The Balaban J connectivity index is 1.87. The number of methoxy groups -OCH3 is 2. The Morgan fingerprint density at radius 2 is 1.96 bits per heavy atom. The second-order valence-corrected chi connectivity index (χ2v) is 8.27.